The van der Waals surface area contributed by atoms with Crippen LogP contribution in [-0.4, -0.2) is 22.3 Å². The molecule has 4 nitrogen and oxygen atoms in total. The van der Waals surface area contributed by atoms with Crippen LogP contribution in [0.2, 0.25) is 0 Å². The van der Waals surface area contributed by atoms with Crippen LogP contribution in [0.3, 0.4) is 0 Å². The lowest BCUT2D eigenvalue weighted by molar-refractivity contribution is -0.274. The molecule has 126 valence electrons. The molecule has 2 rings (SSSR count). The third-order valence-electron chi connectivity index (χ3n) is 2.74. The van der Waals surface area contributed by atoms with Gasteiger partial charge in [0, 0.05) is 18.3 Å². The Balaban J connectivity index is 2.33. The van der Waals surface area contributed by atoms with Crippen molar-refractivity contribution in [2.24, 2.45) is 5.73 Å². The molecule has 0 amide bonds. The van der Waals surface area contributed by atoms with Crippen LogP contribution in [0.5, 0.6) is 5.75 Å². The lowest BCUT2D eigenvalue weighted by Gasteiger charge is -2.11. The highest BCUT2D eigenvalue weighted by Gasteiger charge is 2.31. The molecule has 0 saturated heterocycles. The molecule has 0 unspecified atom stereocenters. The zero-order valence-electron chi connectivity index (χ0n) is 11.4. The Kier molecular flexibility index (Phi) is 4.55. The Morgan fingerprint density at radius 2 is 1.74 bits per heavy atom. The van der Waals surface area contributed by atoms with Gasteiger partial charge in [0.05, 0.1) is 6.20 Å². The molecule has 0 aliphatic rings. The van der Waals surface area contributed by atoms with Crippen molar-refractivity contribution in [3.8, 4) is 16.9 Å². The molecule has 2 aromatic rings. The number of hydrogen-bond acceptors (Lipinski definition) is 3. The SMILES string of the molecule is NCc1cc(OC(F)(F)F)cc(-c2cnn(CC(F)(F)F)c2)c1. The fourth-order valence-electron chi connectivity index (χ4n) is 1.92. The van der Waals surface area contributed by atoms with Gasteiger partial charge < -0.3 is 10.5 Å². The maximum absolute atomic E-state index is 12.3. The van der Waals surface area contributed by atoms with Crippen molar-refractivity contribution in [2.45, 2.75) is 25.6 Å². The average Bonchev–Trinajstić information content (AvgIpc) is 2.82. The van der Waals surface area contributed by atoms with Gasteiger partial charge >= 0.3 is 12.5 Å². The number of halogens is 6. The van der Waals surface area contributed by atoms with Gasteiger partial charge in [0.15, 0.2) is 0 Å². The molecule has 10 heteroatoms. The van der Waals surface area contributed by atoms with Crippen LogP contribution in [0.15, 0.2) is 30.6 Å². The molecule has 1 aromatic heterocycles. The minimum Gasteiger partial charge on any atom is -0.406 e. The highest BCUT2D eigenvalue weighted by Crippen LogP contribution is 2.30. The van der Waals surface area contributed by atoms with E-state index in [0.717, 1.165) is 24.5 Å². The molecule has 0 aliphatic heterocycles. The minimum atomic E-state index is -4.88. The van der Waals surface area contributed by atoms with E-state index in [2.05, 4.69) is 9.84 Å². The van der Waals surface area contributed by atoms with Crippen molar-refractivity contribution in [3.63, 3.8) is 0 Å². The predicted molar refractivity (Wildman–Crippen MR) is 68.3 cm³/mol. The first kappa shape index (κ1) is 17.1. The van der Waals surface area contributed by atoms with Crippen LogP contribution < -0.4 is 10.5 Å². The van der Waals surface area contributed by atoms with Gasteiger partial charge in [-0.2, -0.15) is 18.3 Å². The first-order chi connectivity index (χ1) is 10.6. The van der Waals surface area contributed by atoms with Gasteiger partial charge in [0.1, 0.15) is 12.3 Å². The lowest BCUT2D eigenvalue weighted by Crippen LogP contribution is -2.17. The van der Waals surface area contributed by atoms with Gasteiger partial charge in [0.2, 0.25) is 0 Å². The summed E-state index contributed by atoms with van der Waals surface area (Å²) in [6.07, 6.45) is -7.13. The highest BCUT2D eigenvalue weighted by atomic mass is 19.4. The molecule has 1 heterocycles. The molecule has 1 aromatic carbocycles. The second-order valence-corrected chi connectivity index (χ2v) is 4.66. The molecular formula is C13H11F6N3O. The van der Waals surface area contributed by atoms with Crippen molar-refractivity contribution in [1.82, 2.24) is 9.78 Å². The summed E-state index contributed by atoms with van der Waals surface area (Å²) < 4.78 is 78.3. The smallest absolute Gasteiger partial charge is 0.406 e. The van der Waals surface area contributed by atoms with Crippen LogP contribution in [0, 0.1) is 0 Å². The fourth-order valence-corrected chi connectivity index (χ4v) is 1.92. The summed E-state index contributed by atoms with van der Waals surface area (Å²) in [5.74, 6) is -0.501. The minimum absolute atomic E-state index is 0.0568. The van der Waals surface area contributed by atoms with Crippen molar-refractivity contribution in [1.29, 1.82) is 0 Å². The van der Waals surface area contributed by atoms with Gasteiger partial charge in [0.25, 0.3) is 0 Å². The van der Waals surface area contributed by atoms with E-state index in [1.165, 1.54) is 6.07 Å². The third kappa shape index (κ3) is 5.16. The maximum Gasteiger partial charge on any atom is 0.573 e. The molecule has 2 N–H and O–H groups in total. The van der Waals surface area contributed by atoms with E-state index in [9.17, 15) is 26.3 Å². The Labute approximate surface area is 126 Å². The normalized spacial score (nSPS) is 12.5. The summed E-state index contributed by atoms with van der Waals surface area (Å²) in [5, 5.41) is 3.54. The molecule has 0 fully saturated rings. The number of hydrogen-bond donors (Lipinski definition) is 1. The Morgan fingerprint density at radius 1 is 1.04 bits per heavy atom. The second kappa shape index (κ2) is 6.11. The molecule has 23 heavy (non-hydrogen) atoms. The van der Waals surface area contributed by atoms with Crippen molar-refractivity contribution in [2.75, 3.05) is 0 Å². The van der Waals surface area contributed by atoms with Crippen LogP contribution in [0.4, 0.5) is 26.3 Å². The van der Waals surface area contributed by atoms with Crippen LogP contribution in [0.25, 0.3) is 11.1 Å². The Bertz CT molecular complexity index is 677. The Hall–Kier alpha value is -2.23. The summed E-state index contributed by atoms with van der Waals surface area (Å²) in [7, 11) is 0. The summed E-state index contributed by atoms with van der Waals surface area (Å²) in [6.45, 7) is -1.35. The maximum atomic E-state index is 12.3. The van der Waals surface area contributed by atoms with E-state index in [1.807, 2.05) is 0 Å². The van der Waals surface area contributed by atoms with E-state index in [1.54, 1.807) is 0 Å². The van der Waals surface area contributed by atoms with E-state index >= 15 is 0 Å². The van der Waals surface area contributed by atoms with E-state index < -0.39 is 24.8 Å². The topological polar surface area (TPSA) is 53.1 Å². The van der Waals surface area contributed by atoms with Gasteiger partial charge in [-0.1, -0.05) is 0 Å². The van der Waals surface area contributed by atoms with Crippen LogP contribution >= 0.6 is 0 Å². The number of alkyl halides is 6. The molecule has 0 aliphatic carbocycles. The lowest BCUT2D eigenvalue weighted by atomic mass is 10.1. The zero-order chi connectivity index (χ0) is 17.3. The first-order valence-corrected chi connectivity index (χ1v) is 6.25. The van der Waals surface area contributed by atoms with E-state index in [-0.39, 0.29) is 17.7 Å². The highest BCUT2D eigenvalue weighted by molar-refractivity contribution is 5.64. The van der Waals surface area contributed by atoms with Gasteiger partial charge in [-0.25, -0.2) is 0 Å². The zero-order valence-corrected chi connectivity index (χ0v) is 11.4. The molecule has 0 spiro atoms. The standard InChI is InChI=1S/C13H11F6N3O/c14-12(15,16)7-22-6-10(5-21-22)9-1-8(4-20)2-11(3-9)23-13(17,18)19/h1-3,5-6H,4,7,20H2. The molecule has 0 atom stereocenters. The number of ether oxygens (including phenoxy) is 1. The first-order valence-electron chi connectivity index (χ1n) is 6.25. The van der Waals surface area contributed by atoms with E-state index in [4.69, 9.17) is 5.73 Å². The van der Waals surface area contributed by atoms with Crippen LogP contribution in [-0.2, 0) is 13.1 Å². The summed E-state index contributed by atoms with van der Waals surface area (Å²) in [4.78, 5) is 0. The van der Waals surface area contributed by atoms with Crippen molar-refractivity contribution < 1.29 is 31.1 Å². The van der Waals surface area contributed by atoms with Crippen molar-refractivity contribution >= 4 is 0 Å². The van der Waals surface area contributed by atoms with Gasteiger partial charge in [-0.15, -0.1) is 13.2 Å². The molecule has 0 radical (unpaired) electrons. The van der Waals surface area contributed by atoms with Gasteiger partial charge in [-0.05, 0) is 29.3 Å². The number of aromatic nitrogens is 2. The molecular weight excluding hydrogens is 328 g/mol. The van der Waals surface area contributed by atoms with Gasteiger partial charge in [-0.3, -0.25) is 4.68 Å². The number of nitrogens with two attached hydrogens (primary N) is 1. The fraction of sp³-hybridized carbons (Fsp3) is 0.308. The largest absolute Gasteiger partial charge is 0.573 e. The Morgan fingerprint density at radius 3 is 2.30 bits per heavy atom. The van der Waals surface area contributed by atoms with E-state index in [0.29, 0.717) is 10.2 Å². The average molecular weight is 339 g/mol. The van der Waals surface area contributed by atoms with Crippen molar-refractivity contribution in [3.05, 3.63) is 36.2 Å². The molecule has 0 saturated carbocycles. The molecule has 0 bridgehead atoms. The van der Waals surface area contributed by atoms with Crippen LogP contribution in [0.1, 0.15) is 5.56 Å². The quantitative estimate of drug-likeness (QED) is 0.868. The summed E-state index contributed by atoms with van der Waals surface area (Å²) in [5.41, 5.74) is 6.19. The second-order valence-electron chi connectivity index (χ2n) is 4.66. The summed E-state index contributed by atoms with van der Waals surface area (Å²) in [6, 6.07) is 3.62. The number of nitrogens with zero attached hydrogens (tertiary/aromatic N) is 2. The summed E-state index contributed by atoms with van der Waals surface area (Å²) >= 11 is 0. The third-order valence-corrected chi connectivity index (χ3v) is 2.74. The predicted octanol–water partition coefficient (Wildman–Crippen LogP) is 3.47. The monoisotopic (exact) mass is 339 g/mol. The number of benzene rings is 1. The number of rotatable bonds is 4.